The van der Waals surface area contributed by atoms with Crippen molar-refractivity contribution in [2.75, 3.05) is 13.1 Å². The Labute approximate surface area is 114 Å². The Hall–Kier alpha value is -1.89. The highest BCUT2D eigenvalue weighted by molar-refractivity contribution is 5.82. The van der Waals surface area contributed by atoms with Crippen LogP contribution < -0.4 is 0 Å². The zero-order valence-corrected chi connectivity index (χ0v) is 11.7. The van der Waals surface area contributed by atoms with Crippen molar-refractivity contribution in [1.82, 2.24) is 9.88 Å². The summed E-state index contributed by atoms with van der Waals surface area (Å²) in [4.78, 5) is 18.4. The van der Waals surface area contributed by atoms with Crippen LogP contribution in [-0.2, 0) is 10.2 Å². The van der Waals surface area contributed by atoms with Gasteiger partial charge in [0.2, 0.25) is 5.91 Å². The second-order valence-electron chi connectivity index (χ2n) is 6.14. The first kappa shape index (κ1) is 13.5. The Morgan fingerprint density at radius 3 is 2.74 bits per heavy atom. The summed E-state index contributed by atoms with van der Waals surface area (Å²) in [5.74, 6) is 0.0977. The molecule has 1 fully saturated rings. The summed E-state index contributed by atoms with van der Waals surface area (Å²) >= 11 is 0. The molecule has 0 radical (unpaired) electrons. The van der Waals surface area contributed by atoms with Gasteiger partial charge < -0.3 is 4.90 Å². The highest BCUT2D eigenvalue weighted by Crippen LogP contribution is 2.34. The van der Waals surface area contributed by atoms with Crippen molar-refractivity contribution >= 4 is 5.91 Å². The maximum atomic E-state index is 12.3. The van der Waals surface area contributed by atoms with Crippen LogP contribution in [0.15, 0.2) is 24.4 Å². The molecule has 4 nitrogen and oxygen atoms in total. The summed E-state index contributed by atoms with van der Waals surface area (Å²) in [6.07, 6.45) is 2.35. The molecule has 4 heteroatoms. The van der Waals surface area contributed by atoms with E-state index in [1.54, 1.807) is 11.1 Å². The molecular weight excluding hydrogens is 238 g/mol. The lowest BCUT2D eigenvalue weighted by atomic mass is 9.84. The predicted octanol–water partition coefficient (Wildman–Crippen LogP) is 2.12. The van der Waals surface area contributed by atoms with E-state index in [0.717, 1.165) is 5.69 Å². The minimum Gasteiger partial charge on any atom is -0.340 e. The van der Waals surface area contributed by atoms with Gasteiger partial charge >= 0.3 is 0 Å². The SMILES string of the molecule is CC(C)(C)C(=O)N1CCC(C#N)(c2ccccn2)C1. The van der Waals surface area contributed by atoms with E-state index in [4.69, 9.17) is 0 Å². The second kappa shape index (κ2) is 4.65. The minimum absolute atomic E-state index is 0.0977. The lowest BCUT2D eigenvalue weighted by Gasteiger charge is -2.27. The molecule has 1 unspecified atom stereocenters. The zero-order valence-electron chi connectivity index (χ0n) is 11.7. The van der Waals surface area contributed by atoms with Crippen molar-refractivity contribution in [2.24, 2.45) is 5.41 Å². The van der Waals surface area contributed by atoms with Crippen molar-refractivity contribution in [2.45, 2.75) is 32.6 Å². The molecule has 1 aliphatic rings. The molecule has 0 N–H and O–H groups in total. The van der Waals surface area contributed by atoms with Gasteiger partial charge in [0.1, 0.15) is 5.41 Å². The number of carbonyl (C=O) groups excluding carboxylic acids is 1. The zero-order chi connectivity index (χ0) is 14.1. The van der Waals surface area contributed by atoms with Gasteiger partial charge in [0.05, 0.1) is 11.8 Å². The normalized spacial score (nSPS) is 23.2. The lowest BCUT2D eigenvalue weighted by molar-refractivity contribution is -0.138. The van der Waals surface area contributed by atoms with Crippen LogP contribution in [0.4, 0.5) is 0 Å². The first-order chi connectivity index (χ1) is 8.89. The Balaban J connectivity index is 2.25. The molecule has 0 aliphatic carbocycles. The average molecular weight is 257 g/mol. The number of aromatic nitrogens is 1. The van der Waals surface area contributed by atoms with E-state index in [1.807, 2.05) is 39.0 Å². The maximum Gasteiger partial charge on any atom is 0.228 e. The number of nitrogens with zero attached hydrogens (tertiary/aromatic N) is 3. The van der Waals surface area contributed by atoms with E-state index in [0.29, 0.717) is 19.5 Å². The molecule has 1 aliphatic heterocycles. The van der Waals surface area contributed by atoms with E-state index in [2.05, 4.69) is 11.1 Å². The van der Waals surface area contributed by atoms with Crippen LogP contribution in [0.2, 0.25) is 0 Å². The smallest absolute Gasteiger partial charge is 0.228 e. The molecule has 0 aromatic carbocycles. The van der Waals surface area contributed by atoms with E-state index < -0.39 is 10.8 Å². The van der Waals surface area contributed by atoms with Crippen molar-refractivity contribution in [1.29, 1.82) is 5.26 Å². The monoisotopic (exact) mass is 257 g/mol. The molecule has 1 saturated heterocycles. The van der Waals surface area contributed by atoms with Crippen LogP contribution in [0.5, 0.6) is 0 Å². The van der Waals surface area contributed by atoms with Crippen molar-refractivity contribution in [3.63, 3.8) is 0 Å². The Morgan fingerprint density at radius 2 is 2.21 bits per heavy atom. The number of carbonyl (C=O) groups is 1. The number of amides is 1. The number of hydrogen-bond acceptors (Lipinski definition) is 3. The molecule has 100 valence electrons. The van der Waals surface area contributed by atoms with Gasteiger partial charge in [0, 0.05) is 24.7 Å². The quantitative estimate of drug-likeness (QED) is 0.774. The molecule has 0 saturated carbocycles. The summed E-state index contributed by atoms with van der Waals surface area (Å²) in [5, 5.41) is 9.54. The van der Waals surface area contributed by atoms with Crippen molar-refractivity contribution in [3.05, 3.63) is 30.1 Å². The van der Waals surface area contributed by atoms with Gasteiger partial charge in [-0.05, 0) is 18.6 Å². The molecule has 1 amide bonds. The van der Waals surface area contributed by atoms with Gasteiger partial charge in [-0.25, -0.2) is 0 Å². The molecule has 1 aromatic rings. The first-order valence-electron chi connectivity index (χ1n) is 6.51. The van der Waals surface area contributed by atoms with Crippen molar-refractivity contribution < 1.29 is 4.79 Å². The van der Waals surface area contributed by atoms with Crippen LogP contribution in [-0.4, -0.2) is 28.9 Å². The van der Waals surface area contributed by atoms with E-state index in [1.165, 1.54) is 0 Å². The maximum absolute atomic E-state index is 12.3. The third-order valence-corrected chi connectivity index (χ3v) is 3.57. The van der Waals surface area contributed by atoms with Crippen LogP contribution in [0.25, 0.3) is 0 Å². The molecule has 2 heterocycles. The van der Waals surface area contributed by atoms with Crippen LogP contribution in [0.1, 0.15) is 32.9 Å². The molecule has 2 rings (SSSR count). The van der Waals surface area contributed by atoms with Crippen LogP contribution >= 0.6 is 0 Å². The fraction of sp³-hybridized carbons (Fsp3) is 0.533. The van der Waals surface area contributed by atoms with Gasteiger partial charge in [0.25, 0.3) is 0 Å². The summed E-state index contributed by atoms with van der Waals surface area (Å²) in [7, 11) is 0. The molecular formula is C15H19N3O. The molecule has 1 aromatic heterocycles. The molecule has 1 atom stereocenters. The lowest BCUT2D eigenvalue weighted by Crippen LogP contribution is -2.40. The fourth-order valence-electron chi connectivity index (χ4n) is 2.46. The van der Waals surface area contributed by atoms with Crippen LogP contribution in [0.3, 0.4) is 0 Å². The van der Waals surface area contributed by atoms with Crippen LogP contribution in [0, 0.1) is 16.7 Å². The third-order valence-electron chi connectivity index (χ3n) is 3.57. The van der Waals surface area contributed by atoms with Crippen molar-refractivity contribution in [3.8, 4) is 6.07 Å². The minimum atomic E-state index is -0.651. The highest BCUT2D eigenvalue weighted by atomic mass is 16.2. The van der Waals surface area contributed by atoms with Gasteiger partial charge in [-0.3, -0.25) is 9.78 Å². The Morgan fingerprint density at radius 1 is 1.47 bits per heavy atom. The van der Waals surface area contributed by atoms with Gasteiger partial charge in [-0.2, -0.15) is 5.26 Å². The van der Waals surface area contributed by atoms with E-state index in [-0.39, 0.29) is 5.91 Å². The number of likely N-dealkylation sites (tertiary alicyclic amines) is 1. The topological polar surface area (TPSA) is 57.0 Å². The second-order valence-corrected chi connectivity index (χ2v) is 6.14. The fourth-order valence-corrected chi connectivity index (χ4v) is 2.46. The van der Waals surface area contributed by atoms with Gasteiger partial charge in [0.15, 0.2) is 0 Å². The number of hydrogen-bond donors (Lipinski definition) is 0. The number of nitriles is 1. The molecule has 0 spiro atoms. The Bertz CT molecular complexity index is 512. The summed E-state index contributed by atoms with van der Waals surface area (Å²) in [5.41, 5.74) is -0.292. The van der Waals surface area contributed by atoms with Gasteiger partial charge in [-0.15, -0.1) is 0 Å². The summed E-state index contributed by atoms with van der Waals surface area (Å²) < 4.78 is 0. The summed E-state index contributed by atoms with van der Waals surface area (Å²) in [6, 6.07) is 7.96. The molecule has 19 heavy (non-hydrogen) atoms. The largest absolute Gasteiger partial charge is 0.340 e. The number of pyridine rings is 1. The van der Waals surface area contributed by atoms with E-state index in [9.17, 15) is 10.1 Å². The van der Waals surface area contributed by atoms with Gasteiger partial charge in [-0.1, -0.05) is 26.8 Å². The Kier molecular flexibility index (Phi) is 3.32. The number of rotatable bonds is 1. The highest BCUT2D eigenvalue weighted by Gasteiger charge is 2.44. The average Bonchev–Trinajstić information content (AvgIpc) is 2.83. The molecule has 0 bridgehead atoms. The third kappa shape index (κ3) is 2.46. The standard InChI is InChI=1S/C15H19N3O/c1-14(2,3)13(19)18-9-7-15(10-16,11-18)12-6-4-5-8-17-12/h4-6,8H,7,9,11H2,1-3H3. The first-order valence-corrected chi connectivity index (χ1v) is 6.51. The summed E-state index contributed by atoms with van der Waals surface area (Å²) in [6.45, 7) is 6.78. The predicted molar refractivity (Wildman–Crippen MR) is 72.2 cm³/mol. The van der Waals surface area contributed by atoms with E-state index >= 15 is 0 Å².